The van der Waals surface area contributed by atoms with Gasteiger partial charge in [-0.25, -0.2) is 4.98 Å². The topological polar surface area (TPSA) is 59.3 Å². The lowest BCUT2D eigenvalue weighted by Gasteiger charge is -2.07. The molecule has 4 rings (SSSR count). The van der Waals surface area contributed by atoms with E-state index in [-0.39, 0.29) is 5.91 Å². The van der Waals surface area contributed by atoms with Crippen molar-refractivity contribution < 1.29 is 4.79 Å². The van der Waals surface area contributed by atoms with Gasteiger partial charge in [-0.15, -0.1) is 0 Å². The van der Waals surface area contributed by atoms with Crippen molar-refractivity contribution in [2.45, 2.75) is 6.54 Å². The monoisotopic (exact) mass is 328 g/mol. The summed E-state index contributed by atoms with van der Waals surface area (Å²) >= 11 is 0. The molecule has 0 radical (unpaired) electrons. The van der Waals surface area contributed by atoms with Crippen molar-refractivity contribution in [2.24, 2.45) is 0 Å². The Morgan fingerprint density at radius 3 is 2.52 bits per heavy atom. The second-order valence-corrected chi connectivity index (χ2v) is 5.64. The molecule has 1 aromatic carbocycles. The average Bonchev–Trinajstić information content (AvgIpc) is 3.07. The molecule has 0 bridgehead atoms. The van der Waals surface area contributed by atoms with Crippen LogP contribution in [0.4, 0.5) is 0 Å². The first kappa shape index (κ1) is 15.1. The lowest BCUT2D eigenvalue weighted by Crippen LogP contribution is -2.23. The van der Waals surface area contributed by atoms with Gasteiger partial charge in [0, 0.05) is 30.7 Å². The maximum Gasteiger partial charge on any atom is 0.272 e. The highest BCUT2D eigenvalue weighted by atomic mass is 16.1. The van der Waals surface area contributed by atoms with Crippen molar-refractivity contribution >= 4 is 11.6 Å². The molecule has 0 unspecified atom stereocenters. The van der Waals surface area contributed by atoms with Crippen molar-refractivity contribution in [3.63, 3.8) is 0 Å². The van der Waals surface area contributed by atoms with Gasteiger partial charge in [0.25, 0.3) is 5.91 Å². The summed E-state index contributed by atoms with van der Waals surface area (Å²) < 4.78 is 1.92. The lowest BCUT2D eigenvalue weighted by atomic mass is 10.1. The molecule has 0 saturated heterocycles. The predicted molar refractivity (Wildman–Crippen MR) is 96.0 cm³/mol. The minimum Gasteiger partial charge on any atom is -0.347 e. The Bertz CT molecular complexity index is 1010. The molecule has 0 aliphatic carbocycles. The van der Waals surface area contributed by atoms with Gasteiger partial charge in [0.1, 0.15) is 5.65 Å². The summed E-state index contributed by atoms with van der Waals surface area (Å²) in [6, 6.07) is 19.3. The van der Waals surface area contributed by atoms with Crippen LogP contribution in [0.15, 0.2) is 79.3 Å². The van der Waals surface area contributed by atoms with Crippen LogP contribution in [0.1, 0.15) is 16.1 Å². The number of carbonyl (C=O) groups is 1. The summed E-state index contributed by atoms with van der Waals surface area (Å²) in [6.45, 7) is 0.462. The van der Waals surface area contributed by atoms with Crippen LogP contribution in [-0.4, -0.2) is 20.3 Å². The van der Waals surface area contributed by atoms with Crippen LogP contribution in [0, 0.1) is 0 Å². The molecule has 1 amide bonds. The fraction of sp³-hybridized carbons (Fsp3) is 0.0500. The Balaban J connectivity index is 1.72. The molecule has 1 N–H and O–H groups in total. The third-order valence-corrected chi connectivity index (χ3v) is 3.99. The van der Waals surface area contributed by atoms with Crippen molar-refractivity contribution in [1.29, 1.82) is 0 Å². The number of nitrogens with one attached hydrogen (secondary N) is 1. The predicted octanol–water partition coefficient (Wildman–Crippen LogP) is 3.33. The number of hydrogen-bond donors (Lipinski definition) is 1. The molecule has 25 heavy (non-hydrogen) atoms. The number of fused-ring (bicyclic) bond motifs is 1. The number of hydrogen-bond acceptors (Lipinski definition) is 3. The number of nitrogens with zero attached hydrogens (tertiary/aromatic N) is 3. The van der Waals surface area contributed by atoms with Crippen molar-refractivity contribution in [3.8, 4) is 11.3 Å². The molecule has 5 heteroatoms. The smallest absolute Gasteiger partial charge is 0.272 e. The lowest BCUT2D eigenvalue weighted by molar-refractivity contribution is 0.0947. The van der Waals surface area contributed by atoms with E-state index in [4.69, 9.17) is 0 Å². The number of benzene rings is 1. The van der Waals surface area contributed by atoms with Crippen molar-refractivity contribution in [1.82, 2.24) is 19.7 Å². The molecular formula is C20H16N4O. The highest BCUT2D eigenvalue weighted by Gasteiger charge is 2.19. The normalized spacial score (nSPS) is 10.7. The average molecular weight is 328 g/mol. The Kier molecular flexibility index (Phi) is 3.96. The third kappa shape index (κ3) is 2.99. The summed E-state index contributed by atoms with van der Waals surface area (Å²) in [5, 5.41) is 2.96. The molecular weight excluding hydrogens is 312 g/mol. The molecule has 0 saturated carbocycles. The van der Waals surface area contributed by atoms with Gasteiger partial charge in [0.15, 0.2) is 5.69 Å². The quantitative estimate of drug-likeness (QED) is 0.625. The first-order chi connectivity index (χ1) is 12.3. The van der Waals surface area contributed by atoms with Gasteiger partial charge in [-0.05, 0) is 29.8 Å². The number of imidazole rings is 1. The van der Waals surface area contributed by atoms with Crippen LogP contribution in [0.2, 0.25) is 0 Å². The van der Waals surface area contributed by atoms with E-state index < -0.39 is 0 Å². The summed E-state index contributed by atoms with van der Waals surface area (Å²) in [5.74, 6) is -0.195. The van der Waals surface area contributed by atoms with E-state index in [2.05, 4.69) is 15.3 Å². The molecule has 3 aromatic heterocycles. The standard InChI is InChI=1S/C20H16N4O/c25-20(22-14-15-6-2-1-3-7-15)18-19(16-9-11-21-12-10-16)24-13-5-4-8-17(24)23-18/h1-13H,14H2,(H,22,25). The Morgan fingerprint density at radius 2 is 1.72 bits per heavy atom. The molecule has 0 spiro atoms. The van der Waals surface area contributed by atoms with E-state index in [0.717, 1.165) is 22.5 Å². The number of amides is 1. The maximum absolute atomic E-state index is 12.8. The van der Waals surface area contributed by atoms with Crippen LogP contribution < -0.4 is 5.32 Å². The summed E-state index contributed by atoms with van der Waals surface area (Å²) in [5.41, 5.74) is 3.86. The highest BCUT2D eigenvalue weighted by Crippen LogP contribution is 2.24. The second kappa shape index (κ2) is 6.57. The first-order valence-corrected chi connectivity index (χ1v) is 8.02. The number of aromatic nitrogens is 3. The van der Waals surface area contributed by atoms with Crippen LogP contribution in [0.25, 0.3) is 16.9 Å². The van der Waals surface area contributed by atoms with Gasteiger partial charge >= 0.3 is 0 Å². The van der Waals surface area contributed by atoms with Crippen LogP contribution in [-0.2, 0) is 6.54 Å². The SMILES string of the molecule is O=C(NCc1ccccc1)c1nc2ccccn2c1-c1ccncc1. The minimum atomic E-state index is -0.195. The highest BCUT2D eigenvalue weighted by molar-refractivity contribution is 5.99. The van der Waals surface area contributed by atoms with Crippen LogP contribution in [0.5, 0.6) is 0 Å². The fourth-order valence-corrected chi connectivity index (χ4v) is 2.80. The molecule has 0 aliphatic rings. The van der Waals surface area contributed by atoms with Gasteiger partial charge < -0.3 is 5.32 Å². The third-order valence-electron chi connectivity index (χ3n) is 3.99. The van der Waals surface area contributed by atoms with Crippen LogP contribution in [0.3, 0.4) is 0 Å². The fourth-order valence-electron chi connectivity index (χ4n) is 2.80. The van der Waals surface area contributed by atoms with Gasteiger partial charge in [0.05, 0.1) is 5.69 Å². The number of rotatable bonds is 4. The Morgan fingerprint density at radius 1 is 0.960 bits per heavy atom. The zero-order valence-electron chi connectivity index (χ0n) is 13.5. The zero-order chi connectivity index (χ0) is 17.1. The van der Waals surface area contributed by atoms with Crippen molar-refractivity contribution in [3.05, 3.63) is 90.5 Å². The van der Waals surface area contributed by atoms with Crippen LogP contribution >= 0.6 is 0 Å². The number of carbonyl (C=O) groups excluding carboxylic acids is 1. The molecule has 3 heterocycles. The van der Waals surface area contributed by atoms with E-state index >= 15 is 0 Å². The molecule has 0 atom stereocenters. The summed E-state index contributed by atoms with van der Waals surface area (Å²) in [4.78, 5) is 21.4. The zero-order valence-corrected chi connectivity index (χ0v) is 13.5. The largest absolute Gasteiger partial charge is 0.347 e. The van der Waals surface area contributed by atoms with E-state index in [1.165, 1.54) is 0 Å². The molecule has 5 nitrogen and oxygen atoms in total. The van der Waals surface area contributed by atoms with Gasteiger partial charge in [-0.2, -0.15) is 0 Å². The van der Waals surface area contributed by atoms with Gasteiger partial charge in [0.2, 0.25) is 0 Å². The van der Waals surface area contributed by atoms with Gasteiger partial charge in [-0.1, -0.05) is 36.4 Å². The summed E-state index contributed by atoms with van der Waals surface area (Å²) in [7, 11) is 0. The van der Waals surface area contributed by atoms with E-state index in [1.54, 1.807) is 12.4 Å². The van der Waals surface area contributed by atoms with Gasteiger partial charge in [-0.3, -0.25) is 14.2 Å². The van der Waals surface area contributed by atoms with E-state index in [9.17, 15) is 4.79 Å². The second-order valence-electron chi connectivity index (χ2n) is 5.64. The molecule has 4 aromatic rings. The minimum absolute atomic E-state index is 0.195. The van der Waals surface area contributed by atoms with E-state index in [0.29, 0.717) is 12.2 Å². The molecule has 122 valence electrons. The van der Waals surface area contributed by atoms with E-state index in [1.807, 2.05) is 71.3 Å². The maximum atomic E-state index is 12.8. The first-order valence-electron chi connectivity index (χ1n) is 8.02. The summed E-state index contributed by atoms with van der Waals surface area (Å²) in [6.07, 6.45) is 5.33. The van der Waals surface area contributed by atoms with Crippen molar-refractivity contribution in [2.75, 3.05) is 0 Å². The Hall–Kier alpha value is -3.47. The number of pyridine rings is 2. The Labute approximate surface area is 145 Å². The molecule has 0 aliphatic heterocycles. The molecule has 0 fully saturated rings.